The van der Waals surface area contributed by atoms with E-state index >= 15 is 0 Å². The smallest absolute Gasteiger partial charge is 0.338 e. The minimum Gasteiger partial charge on any atom is -0.493 e. The molecule has 1 atom stereocenters. The van der Waals surface area contributed by atoms with Crippen molar-refractivity contribution in [1.29, 1.82) is 0 Å². The van der Waals surface area contributed by atoms with Crippen molar-refractivity contribution >= 4 is 50.9 Å². The number of methoxy groups -OCH3 is 1. The number of hydrogen-bond donors (Lipinski definition) is 0. The van der Waals surface area contributed by atoms with E-state index in [4.69, 9.17) is 25.8 Å². The third-order valence-corrected chi connectivity index (χ3v) is 8.26. The number of esters is 1. The number of rotatable bonds is 8. The first-order chi connectivity index (χ1) is 19.8. The van der Waals surface area contributed by atoms with Crippen LogP contribution in [0.3, 0.4) is 0 Å². The number of ether oxygens (including phenoxy) is 3. The van der Waals surface area contributed by atoms with Gasteiger partial charge in [-0.15, -0.1) is 0 Å². The maximum Gasteiger partial charge on any atom is 0.338 e. The highest BCUT2D eigenvalue weighted by atomic mass is 79.9. The molecular formula is C31H26BrClN2O5S. The Morgan fingerprint density at radius 3 is 2.51 bits per heavy atom. The summed E-state index contributed by atoms with van der Waals surface area (Å²) in [6.45, 7) is 4.08. The molecule has 2 heterocycles. The predicted molar refractivity (Wildman–Crippen MR) is 163 cm³/mol. The molecular weight excluding hydrogens is 628 g/mol. The third kappa shape index (κ3) is 6.17. The quantitative estimate of drug-likeness (QED) is 0.225. The van der Waals surface area contributed by atoms with Crippen LogP contribution in [0.2, 0.25) is 5.02 Å². The molecule has 0 saturated heterocycles. The number of carbonyl (C=O) groups excluding carboxylic acids is 1. The van der Waals surface area contributed by atoms with Crippen LogP contribution in [0.1, 0.15) is 36.6 Å². The van der Waals surface area contributed by atoms with Crippen molar-refractivity contribution in [2.75, 3.05) is 13.7 Å². The van der Waals surface area contributed by atoms with Crippen molar-refractivity contribution < 1.29 is 19.0 Å². The maximum absolute atomic E-state index is 13.8. The molecule has 0 unspecified atom stereocenters. The zero-order valence-electron chi connectivity index (χ0n) is 22.5. The van der Waals surface area contributed by atoms with Crippen molar-refractivity contribution in [1.82, 2.24) is 4.57 Å². The number of fused-ring (bicyclic) bond motifs is 1. The molecule has 0 saturated carbocycles. The Labute approximate surface area is 254 Å². The second-order valence-corrected chi connectivity index (χ2v) is 11.5. The summed E-state index contributed by atoms with van der Waals surface area (Å²) in [6, 6.07) is 19.8. The molecule has 0 aliphatic carbocycles. The summed E-state index contributed by atoms with van der Waals surface area (Å²) in [7, 11) is 1.57. The van der Waals surface area contributed by atoms with Crippen LogP contribution in [0.5, 0.6) is 11.5 Å². The summed E-state index contributed by atoms with van der Waals surface area (Å²) in [5.74, 6) is 0.620. The highest BCUT2D eigenvalue weighted by Crippen LogP contribution is 2.32. The van der Waals surface area contributed by atoms with Gasteiger partial charge in [0.05, 0.1) is 35.6 Å². The van der Waals surface area contributed by atoms with Crippen LogP contribution >= 0.6 is 38.9 Å². The molecule has 41 heavy (non-hydrogen) atoms. The molecule has 4 aromatic rings. The monoisotopic (exact) mass is 652 g/mol. The van der Waals surface area contributed by atoms with Gasteiger partial charge in [0.15, 0.2) is 16.3 Å². The van der Waals surface area contributed by atoms with Gasteiger partial charge in [-0.1, -0.05) is 69.2 Å². The first-order valence-corrected chi connectivity index (χ1v) is 14.8. The number of carbonyl (C=O) groups is 1. The molecule has 1 aliphatic rings. The van der Waals surface area contributed by atoms with Gasteiger partial charge >= 0.3 is 5.97 Å². The molecule has 5 rings (SSSR count). The molecule has 0 fully saturated rings. The number of hydrogen-bond acceptors (Lipinski definition) is 7. The lowest BCUT2D eigenvalue weighted by atomic mass is 9.96. The van der Waals surface area contributed by atoms with Crippen LogP contribution in [0.25, 0.3) is 6.08 Å². The average Bonchev–Trinajstić information content (AvgIpc) is 3.26. The van der Waals surface area contributed by atoms with E-state index in [1.165, 1.54) is 11.3 Å². The lowest BCUT2D eigenvalue weighted by Gasteiger charge is -2.24. The van der Waals surface area contributed by atoms with Crippen LogP contribution in [0, 0.1) is 0 Å². The highest BCUT2D eigenvalue weighted by Gasteiger charge is 2.33. The third-order valence-electron chi connectivity index (χ3n) is 6.50. The lowest BCUT2D eigenvalue weighted by molar-refractivity contribution is -0.139. The van der Waals surface area contributed by atoms with E-state index in [0.29, 0.717) is 43.7 Å². The summed E-state index contributed by atoms with van der Waals surface area (Å²) < 4.78 is 19.8. The summed E-state index contributed by atoms with van der Waals surface area (Å²) in [6.07, 6.45) is 1.79. The maximum atomic E-state index is 13.8. The van der Waals surface area contributed by atoms with Gasteiger partial charge in [0, 0.05) is 9.50 Å². The van der Waals surface area contributed by atoms with E-state index in [2.05, 4.69) is 20.9 Å². The molecule has 1 aromatic heterocycles. The second-order valence-electron chi connectivity index (χ2n) is 9.18. The van der Waals surface area contributed by atoms with Crippen LogP contribution < -0.4 is 24.4 Å². The Kier molecular flexibility index (Phi) is 8.77. The molecule has 0 amide bonds. The fourth-order valence-electron chi connectivity index (χ4n) is 4.54. The molecule has 10 heteroatoms. The van der Waals surface area contributed by atoms with Crippen LogP contribution in [-0.4, -0.2) is 24.3 Å². The van der Waals surface area contributed by atoms with E-state index < -0.39 is 12.0 Å². The van der Waals surface area contributed by atoms with Crippen molar-refractivity contribution in [3.63, 3.8) is 0 Å². The molecule has 0 N–H and O–H groups in total. The SMILES string of the molecule is CCOC(=O)C1=C(C)N=c2s/c(=C\c3ccc(OCc4ccc(Cl)cc4)c(OC)c3)c(=O)n2[C@@H]1c1ccc(Br)cc1. The fraction of sp³-hybridized carbons (Fsp3) is 0.194. The minimum atomic E-state index is -0.668. The van der Waals surface area contributed by atoms with Gasteiger partial charge in [0.2, 0.25) is 0 Å². The van der Waals surface area contributed by atoms with Crippen molar-refractivity contribution in [2.24, 2.45) is 4.99 Å². The second kappa shape index (κ2) is 12.5. The van der Waals surface area contributed by atoms with E-state index in [0.717, 1.165) is 21.2 Å². The van der Waals surface area contributed by atoms with E-state index in [1.807, 2.05) is 66.7 Å². The van der Waals surface area contributed by atoms with Crippen LogP contribution in [-0.2, 0) is 16.1 Å². The average molecular weight is 654 g/mol. The van der Waals surface area contributed by atoms with Crippen molar-refractivity contribution in [3.8, 4) is 11.5 Å². The highest BCUT2D eigenvalue weighted by molar-refractivity contribution is 9.10. The largest absolute Gasteiger partial charge is 0.493 e. The summed E-state index contributed by atoms with van der Waals surface area (Å²) in [5.41, 5.74) is 3.12. The first-order valence-electron chi connectivity index (χ1n) is 12.8. The Bertz CT molecular complexity index is 1810. The minimum absolute atomic E-state index is 0.217. The van der Waals surface area contributed by atoms with E-state index in [9.17, 15) is 9.59 Å². The molecule has 1 aliphatic heterocycles. The van der Waals surface area contributed by atoms with E-state index in [1.54, 1.807) is 31.6 Å². The molecule has 210 valence electrons. The lowest BCUT2D eigenvalue weighted by Crippen LogP contribution is -2.39. The van der Waals surface area contributed by atoms with Crippen molar-refractivity contribution in [3.05, 3.63) is 124 Å². The molecule has 0 bridgehead atoms. The zero-order valence-corrected chi connectivity index (χ0v) is 25.7. The van der Waals surface area contributed by atoms with Crippen molar-refractivity contribution in [2.45, 2.75) is 26.5 Å². The van der Waals surface area contributed by atoms with E-state index in [-0.39, 0.29) is 12.2 Å². The normalized spacial score (nSPS) is 14.9. The summed E-state index contributed by atoms with van der Waals surface area (Å²) in [4.78, 5) is 32.0. The van der Waals surface area contributed by atoms with Gasteiger partial charge in [0.25, 0.3) is 5.56 Å². The Balaban J connectivity index is 1.53. The molecule has 7 nitrogen and oxygen atoms in total. The number of benzene rings is 3. The standard InChI is InChI=1S/C31H26BrClN2O5S/c1-4-39-30(37)27-18(2)34-31-35(28(27)21-8-10-22(32)11-9-21)29(36)26(41-31)16-20-7-14-24(25(15-20)38-3)40-17-19-5-12-23(33)13-6-19/h5-16,28H,4,17H2,1-3H3/b26-16-/t28-/m1/s1. The number of aromatic nitrogens is 1. The van der Waals surface area contributed by atoms with Gasteiger partial charge in [-0.05, 0) is 73.0 Å². The molecule has 3 aromatic carbocycles. The summed E-state index contributed by atoms with van der Waals surface area (Å²) >= 11 is 10.7. The van der Waals surface area contributed by atoms with Crippen LogP contribution in [0.4, 0.5) is 0 Å². The number of nitrogens with zero attached hydrogens (tertiary/aromatic N) is 2. The topological polar surface area (TPSA) is 79.1 Å². The van der Waals surface area contributed by atoms with Gasteiger partial charge in [-0.2, -0.15) is 0 Å². The van der Waals surface area contributed by atoms with Gasteiger partial charge in [-0.25, -0.2) is 9.79 Å². The first kappa shape index (κ1) is 28.9. The Hall–Kier alpha value is -3.66. The molecule has 0 radical (unpaired) electrons. The summed E-state index contributed by atoms with van der Waals surface area (Å²) in [5, 5.41) is 0.663. The Morgan fingerprint density at radius 1 is 1.10 bits per heavy atom. The molecule has 0 spiro atoms. The van der Waals surface area contributed by atoms with Crippen LogP contribution in [0.15, 0.2) is 92.3 Å². The number of allylic oxidation sites excluding steroid dienone is 1. The fourth-order valence-corrected chi connectivity index (χ4v) is 5.98. The Morgan fingerprint density at radius 2 is 1.83 bits per heavy atom. The predicted octanol–water partition coefficient (Wildman–Crippen LogP) is 5.80. The van der Waals surface area contributed by atoms with Gasteiger partial charge < -0.3 is 14.2 Å². The number of halogens is 2. The zero-order chi connectivity index (χ0) is 29.1. The number of thiazole rings is 1. The van der Waals surface area contributed by atoms with Gasteiger partial charge in [-0.3, -0.25) is 9.36 Å². The van der Waals surface area contributed by atoms with Gasteiger partial charge in [0.1, 0.15) is 6.61 Å².